The van der Waals surface area contributed by atoms with Crippen molar-refractivity contribution in [1.82, 2.24) is 15.0 Å². The molecule has 0 fully saturated rings. The van der Waals surface area contributed by atoms with Crippen molar-refractivity contribution in [3.05, 3.63) is 42.2 Å². The summed E-state index contributed by atoms with van der Waals surface area (Å²) in [6, 6.07) is 7.74. The molecule has 0 aliphatic rings. The Hall–Kier alpha value is -1.72. The summed E-state index contributed by atoms with van der Waals surface area (Å²) in [7, 11) is 0. The van der Waals surface area contributed by atoms with Crippen molar-refractivity contribution in [1.29, 1.82) is 0 Å². The first-order chi connectivity index (χ1) is 6.90. The molecule has 0 spiro atoms. The number of rotatable bonds is 3. The SMILES string of the molecule is NOCc1cccc(-n2ccnn2)c1. The Morgan fingerprint density at radius 1 is 1.43 bits per heavy atom. The molecule has 0 bridgehead atoms. The molecule has 2 N–H and O–H groups in total. The zero-order valence-electron chi connectivity index (χ0n) is 7.50. The van der Waals surface area contributed by atoms with Crippen LogP contribution in [0.5, 0.6) is 0 Å². The Morgan fingerprint density at radius 2 is 2.36 bits per heavy atom. The Labute approximate surface area is 81.1 Å². The number of benzene rings is 1. The normalized spacial score (nSPS) is 10.4. The molecule has 2 rings (SSSR count). The van der Waals surface area contributed by atoms with Gasteiger partial charge >= 0.3 is 0 Å². The van der Waals surface area contributed by atoms with Crippen molar-refractivity contribution in [2.75, 3.05) is 0 Å². The summed E-state index contributed by atoms with van der Waals surface area (Å²) in [5.41, 5.74) is 1.94. The van der Waals surface area contributed by atoms with Gasteiger partial charge in [-0.1, -0.05) is 17.3 Å². The Balaban J connectivity index is 2.31. The highest BCUT2D eigenvalue weighted by molar-refractivity contribution is 5.34. The van der Waals surface area contributed by atoms with Crippen LogP contribution in [0.15, 0.2) is 36.7 Å². The molecule has 0 aliphatic carbocycles. The third kappa shape index (κ3) is 1.78. The lowest BCUT2D eigenvalue weighted by Crippen LogP contribution is -2.00. The fourth-order valence-electron chi connectivity index (χ4n) is 1.23. The quantitative estimate of drug-likeness (QED) is 0.722. The first kappa shape index (κ1) is 8.86. The average Bonchev–Trinajstić information content (AvgIpc) is 2.71. The van der Waals surface area contributed by atoms with Crippen molar-refractivity contribution in [2.24, 2.45) is 5.90 Å². The molecule has 2 aromatic rings. The minimum atomic E-state index is 0.391. The molecule has 0 amide bonds. The highest BCUT2D eigenvalue weighted by Gasteiger charge is 1.98. The van der Waals surface area contributed by atoms with E-state index in [9.17, 15) is 0 Å². The van der Waals surface area contributed by atoms with Crippen LogP contribution < -0.4 is 5.90 Å². The molecule has 5 heteroatoms. The molecule has 5 nitrogen and oxygen atoms in total. The van der Waals surface area contributed by atoms with Gasteiger partial charge in [-0.3, -0.25) is 4.84 Å². The molecule has 0 saturated heterocycles. The Morgan fingerprint density at radius 3 is 3.07 bits per heavy atom. The first-order valence-corrected chi connectivity index (χ1v) is 4.17. The summed E-state index contributed by atoms with van der Waals surface area (Å²) >= 11 is 0. The van der Waals surface area contributed by atoms with Crippen LogP contribution >= 0.6 is 0 Å². The molecule has 1 aromatic heterocycles. The van der Waals surface area contributed by atoms with E-state index < -0.39 is 0 Å². The molecule has 1 aromatic carbocycles. The van der Waals surface area contributed by atoms with Gasteiger partial charge in [-0.15, -0.1) is 5.10 Å². The second-order valence-electron chi connectivity index (χ2n) is 2.83. The van der Waals surface area contributed by atoms with Crippen LogP contribution in [0.4, 0.5) is 0 Å². The maximum atomic E-state index is 4.99. The third-order valence-electron chi connectivity index (χ3n) is 1.85. The molecular formula is C9H10N4O. The van der Waals surface area contributed by atoms with Gasteiger partial charge in [0.2, 0.25) is 0 Å². The lowest BCUT2D eigenvalue weighted by atomic mass is 10.2. The molecule has 0 saturated carbocycles. The molecule has 1 heterocycles. The third-order valence-corrected chi connectivity index (χ3v) is 1.85. The lowest BCUT2D eigenvalue weighted by Gasteiger charge is -2.02. The average molecular weight is 190 g/mol. The van der Waals surface area contributed by atoms with E-state index in [4.69, 9.17) is 5.90 Å². The molecule has 0 aliphatic heterocycles. The minimum absolute atomic E-state index is 0.391. The van der Waals surface area contributed by atoms with E-state index in [-0.39, 0.29) is 0 Å². The predicted octanol–water partition coefficient (Wildman–Crippen LogP) is 0.658. The Kier molecular flexibility index (Phi) is 2.53. The van der Waals surface area contributed by atoms with E-state index in [2.05, 4.69) is 15.1 Å². The zero-order valence-corrected chi connectivity index (χ0v) is 7.50. The van der Waals surface area contributed by atoms with Crippen molar-refractivity contribution >= 4 is 0 Å². The summed E-state index contributed by atoms with van der Waals surface area (Å²) in [5, 5.41) is 7.61. The van der Waals surface area contributed by atoms with Crippen molar-refractivity contribution in [3.63, 3.8) is 0 Å². The second-order valence-corrected chi connectivity index (χ2v) is 2.83. The zero-order chi connectivity index (χ0) is 9.80. The van der Waals surface area contributed by atoms with Crippen LogP contribution in [0.2, 0.25) is 0 Å². The van der Waals surface area contributed by atoms with Crippen LogP contribution in [0.25, 0.3) is 5.69 Å². The van der Waals surface area contributed by atoms with Gasteiger partial charge in [-0.05, 0) is 17.7 Å². The van der Waals surface area contributed by atoms with Crippen molar-refractivity contribution < 1.29 is 4.84 Å². The molecule has 72 valence electrons. The van der Waals surface area contributed by atoms with Crippen LogP contribution in [0.1, 0.15) is 5.56 Å². The van der Waals surface area contributed by atoms with E-state index in [1.165, 1.54) is 0 Å². The number of nitrogens with zero attached hydrogens (tertiary/aromatic N) is 3. The van der Waals surface area contributed by atoms with E-state index in [1.807, 2.05) is 24.3 Å². The van der Waals surface area contributed by atoms with Gasteiger partial charge in [0.25, 0.3) is 0 Å². The summed E-state index contributed by atoms with van der Waals surface area (Å²) in [5.74, 6) is 4.99. The Bertz CT molecular complexity index is 399. The summed E-state index contributed by atoms with van der Waals surface area (Å²) in [6.45, 7) is 0.391. The van der Waals surface area contributed by atoms with Gasteiger partial charge in [0.15, 0.2) is 0 Å². The first-order valence-electron chi connectivity index (χ1n) is 4.17. The van der Waals surface area contributed by atoms with Gasteiger partial charge in [-0.25, -0.2) is 10.6 Å². The standard InChI is InChI=1S/C9H10N4O/c10-14-7-8-2-1-3-9(6-8)13-5-4-11-12-13/h1-6H,7,10H2. The highest BCUT2D eigenvalue weighted by Crippen LogP contribution is 2.09. The summed E-state index contributed by atoms with van der Waals surface area (Å²) in [6.07, 6.45) is 3.41. The summed E-state index contributed by atoms with van der Waals surface area (Å²) in [4.78, 5) is 4.55. The topological polar surface area (TPSA) is 66.0 Å². The van der Waals surface area contributed by atoms with Gasteiger partial charge < -0.3 is 0 Å². The smallest absolute Gasteiger partial charge is 0.0930 e. The van der Waals surface area contributed by atoms with E-state index in [0.717, 1.165) is 11.3 Å². The molecule has 0 atom stereocenters. The maximum Gasteiger partial charge on any atom is 0.0930 e. The van der Waals surface area contributed by atoms with E-state index in [1.54, 1.807) is 17.1 Å². The fourth-order valence-corrected chi connectivity index (χ4v) is 1.23. The van der Waals surface area contributed by atoms with Gasteiger partial charge in [0, 0.05) is 0 Å². The van der Waals surface area contributed by atoms with Gasteiger partial charge in [-0.2, -0.15) is 0 Å². The van der Waals surface area contributed by atoms with E-state index >= 15 is 0 Å². The van der Waals surface area contributed by atoms with Crippen LogP contribution in [0.3, 0.4) is 0 Å². The van der Waals surface area contributed by atoms with Gasteiger partial charge in [0.1, 0.15) is 0 Å². The molecule has 0 unspecified atom stereocenters. The maximum absolute atomic E-state index is 4.99. The van der Waals surface area contributed by atoms with Crippen LogP contribution in [-0.4, -0.2) is 15.0 Å². The monoisotopic (exact) mass is 190 g/mol. The number of aromatic nitrogens is 3. The minimum Gasteiger partial charge on any atom is -0.300 e. The van der Waals surface area contributed by atoms with Crippen LogP contribution in [0, 0.1) is 0 Å². The molecule has 14 heavy (non-hydrogen) atoms. The lowest BCUT2D eigenvalue weighted by molar-refractivity contribution is 0.124. The fraction of sp³-hybridized carbons (Fsp3) is 0.111. The second kappa shape index (κ2) is 3.99. The van der Waals surface area contributed by atoms with Gasteiger partial charge in [0.05, 0.1) is 24.7 Å². The predicted molar refractivity (Wildman–Crippen MR) is 50.3 cm³/mol. The molecule has 0 radical (unpaired) electrons. The highest BCUT2D eigenvalue weighted by atomic mass is 16.6. The largest absolute Gasteiger partial charge is 0.300 e. The van der Waals surface area contributed by atoms with Crippen molar-refractivity contribution in [2.45, 2.75) is 6.61 Å². The number of hydrogen-bond acceptors (Lipinski definition) is 4. The number of nitrogens with two attached hydrogens (primary N) is 1. The number of hydrogen-bond donors (Lipinski definition) is 1. The van der Waals surface area contributed by atoms with Crippen LogP contribution in [-0.2, 0) is 11.4 Å². The van der Waals surface area contributed by atoms with Crippen molar-refractivity contribution in [3.8, 4) is 5.69 Å². The summed E-state index contributed by atoms with van der Waals surface area (Å²) < 4.78 is 1.68. The molecular weight excluding hydrogens is 180 g/mol. The van der Waals surface area contributed by atoms with E-state index in [0.29, 0.717) is 6.61 Å².